The first-order chi connectivity index (χ1) is 9.81. The monoisotopic (exact) mass is 312 g/mol. The van der Waals surface area contributed by atoms with Crippen LogP contribution in [0, 0.1) is 0 Å². The van der Waals surface area contributed by atoms with Gasteiger partial charge in [0.25, 0.3) is 0 Å². The van der Waals surface area contributed by atoms with Gasteiger partial charge in [-0.05, 0) is 37.1 Å². The second kappa shape index (κ2) is 6.03. The molecule has 21 heavy (non-hydrogen) atoms. The summed E-state index contributed by atoms with van der Waals surface area (Å²) in [4.78, 5) is 11.2. The number of anilines is 1. The lowest BCUT2D eigenvalue weighted by molar-refractivity contribution is -0.138. The van der Waals surface area contributed by atoms with Gasteiger partial charge in [-0.3, -0.25) is 4.79 Å². The van der Waals surface area contributed by atoms with Crippen LogP contribution in [0.3, 0.4) is 0 Å². The van der Waals surface area contributed by atoms with Crippen molar-refractivity contribution in [3.05, 3.63) is 24.3 Å². The second-order valence-corrected chi connectivity index (χ2v) is 7.17. The van der Waals surface area contributed by atoms with E-state index >= 15 is 0 Å². The Morgan fingerprint density at radius 1 is 1.19 bits per heavy atom. The van der Waals surface area contributed by atoms with Crippen molar-refractivity contribution in [3.8, 4) is 0 Å². The van der Waals surface area contributed by atoms with Crippen LogP contribution in [0.15, 0.2) is 29.2 Å². The average molecular weight is 312 g/mol. The summed E-state index contributed by atoms with van der Waals surface area (Å²) in [5, 5.41) is 17.5. The molecule has 1 aromatic carbocycles. The summed E-state index contributed by atoms with van der Waals surface area (Å²) in [6, 6.07) is 6.10. The summed E-state index contributed by atoms with van der Waals surface area (Å²) in [5.41, 5.74) is 0.262. The number of aliphatic carboxylic acids is 1. The number of nitrogens with one attached hydrogen (secondary N) is 1. The third-order valence-corrected chi connectivity index (χ3v) is 4.82. The van der Waals surface area contributed by atoms with E-state index in [1.165, 1.54) is 12.1 Å². The van der Waals surface area contributed by atoms with Gasteiger partial charge in [-0.1, -0.05) is 19.3 Å². The minimum absolute atomic E-state index is 0.0454. The zero-order chi connectivity index (χ0) is 15.5. The van der Waals surface area contributed by atoms with E-state index in [1.807, 2.05) is 0 Å². The number of carboxylic acid groups (broad SMARTS) is 1. The zero-order valence-corrected chi connectivity index (χ0v) is 12.5. The van der Waals surface area contributed by atoms with Gasteiger partial charge in [0.15, 0.2) is 0 Å². The van der Waals surface area contributed by atoms with Crippen LogP contribution >= 0.6 is 0 Å². The van der Waals surface area contributed by atoms with Crippen molar-refractivity contribution < 1.29 is 18.3 Å². The number of carbonyl (C=O) groups is 1. The van der Waals surface area contributed by atoms with Crippen molar-refractivity contribution in [2.75, 3.05) is 5.32 Å². The predicted molar refractivity (Wildman–Crippen MR) is 79.5 cm³/mol. The third-order valence-electron chi connectivity index (χ3n) is 3.89. The zero-order valence-electron chi connectivity index (χ0n) is 11.7. The Morgan fingerprint density at radius 3 is 2.24 bits per heavy atom. The molecule has 116 valence electrons. The van der Waals surface area contributed by atoms with Crippen molar-refractivity contribution in [3.63, 3.8) is 0 Å². The first-order valence-electron chi connectivity index (χ1n) is 6.94. The molecule has 1 fully saturated rings. The summed E-state index contributed by atoms with van der Waals surface area (Å²) in [6.07, 6.45) is 4.77. The molecule has 0 aliphatic heterocycles. The van der Waals surface area contributed by atoms with Gasteiger partial charge in [0, 0.05) is 11.2 Å². The molecule has 4 N–H and O–H groups in total. The number of sulfonamides is 1. The molecule has 0 radical (unpaired) electrons. The van der Waals surface area contributed by atoms with Gasteiger partial charge >= 0.3 is 5.97 Å². The molecule has 1 aliphatic carbocycles. The quantitative estimate of drug-likeness (QED) is 0.769. The summed E-state index contributed by atoms with van der Waals surface area (Å²) < 4.78 is 22.4. The van der Waals surface area contributed by atoms with Gasteiger partial charge < -0.3 is 10.4 Å². The topological polar surface area (TPSA) is 109 Å². The number of hydrogen-bond acceptors (Lipinski definition) is 4. The number of hydrogen-bond donors (Lipinski definition) is 3. The molecule has 0 atom stereocenters. The molecular weight excluding hydrogens is 292 g/mol. The number of nitrogens with two attached hydrogens (primary N) is 1. The minimum atomic E-state index is -3.71. The summed E-state index contributed by atoms with van der Waals surface area (Å²) in [6.45, 7) is 0. The van der Waals surface area contributed by atoms with Crippen LogP contribution in [0.5, 0.6) is 0 Å². The maximum atomic E-state index is 11.2. The predicted octanol–water partition coefficient (Wildman–Crippen LogP) is 1.92. The van der Waals surface area contributed by atoms with E-state index in [4.69, 9.17) is 10.2 Å². The van der Waals surface area contributed by atoms with E-state index in [2.05, 4.69) is 5.32 Å². The first-order valence-corrected chi connectivity index (χ1v) is 8.48. The van der Waals surface area contributed by atoms with Gasteiger partial charge in [0.2, 0.25) is 10.0 Å². The van der Waals surface area contributed by atoms with Crippen molar-refractivity contribution >= 4 is 21.7 Å². The highest BCUT2D eigenvalue weighted by molar-refractivity contribution is 7.89. The molecule has 0 bridgehead atoms. The van der Waals surface area contributed by atoms with Crippen LogP contribution < -0.4 is 10.5 Å². The molecular formula is C14H20N2O4S. The third kappa shape index (κ3) is 4.18. The van der Waals surface area contributed by atoms with E-state index in [9.17, 15) is 13.2 Å². The van der Waals surface area contributed by atoms with Crippen molar-refractivity contribution in [2.24, 2.45) is 5.14 Å². The molecule has 1 aliphatic rings. The molecule has 0 saturated heterocycles. The Kier molecular flexibility index (Phi) is 4.53. The molecule has 1 aromatic rings. The van der Waals surface area contributed by atoms with Crippen LogP contribution in [0.4, 0.5) is 5.69 Å². The highest BCUT2D eigenvalue weighted by atomic mass is 32.2. The Labute approximate surface area is 124 Å². The van der Waals surface area contributed by atoms with E-state index < -0.39 is 21.5 Å². The lowest BCUT2D eigenvalue weighted by Crippen LogP contribution is -2.42. The van der Waals surface area contributed by atoms with Crippen molar-refractivity contribution in [2.45, 2.75) is 49.0 Å². The molecule has 7 heteroatoms. The molecule has 0 spiro atoms. The lowest BCUT2D eigenvalue weighted by Gasteiger charge is -2.38. The molecule has 2 rings (SSSR count). The number of rotatable bonds is 5. The van der Waals surface area contributed by atoms with Crippen LogP contribution in [0.1, 0.15) is 38.5 Å². The molecule has 1 saturated carbocycles. The minimum Gasteiger partial charge on any atom is -0.481 e. The average Bonchev–Trinajstić information content (AvgIpc) is 2.38. The van der Waals surface area contributed by atoms with Gasteiger partial charge in [-0.25, -0.2) is 13.6 Å². The summed E-state index contributed by atoms with van der Waals surface area (Å²) in [5.74, 6) is -0.828. The van der Waals surface area contributed by atoms with Crippen molar-refractivity contribution in [1.29, 1.82) is 0 Å². The fraction of sp³-hybridized carbons (Fsp3) is 0.500. The SMILES string of the molecule is NS(=O)(=O)c1ccc(NC2(CC(=O)O)CCCCC2)cc1. The number of primary sulfonamides is 1. The van der Waals surface area contributed by atoms with Crippen LogP contribution in [-0.2, 0) is 14.8 Å². The van der Waals surface area contributed by atoms with Crippen LogP contribution in [0.25, 0.3) is 0 Å². The molecule has 0 amide bonds. The van der Waals surface area contributed by atoms with Gasteiger partial charge in [-0.15, -0.1) is 0 Å². The molecule has 6 nitrogen and oxygen atoms in total. The van der Waals surface area contributed by atoms with Gasteiger partial charge in [0.1, 0.15) is 0 Å². The van der Waals surface area contributed by atoms with Crippen molar-refractivity contribution in [1.82, 2.24) is 0 Å². The highest BCUT2D eigenvalue weighted by Crippen LogP contribution is 2.34. The van der Waals surface area contributed by atoms with Crippen LogP contribution in [-0.4, -0.2) is 25.0 Å². The largest absolute Gasteiger partial charge is 0.481 e. The van der Waals surface area contributed by atoms with E-state index in [0.717, 1.165) is 32.1 Å². The van der Waals surface area contributed by atoms with E-state index in [0.29, 0.717) is 5.69 Å². The Morgan fingerprint density at radius 2 is 1.76 bits per heavy atom. The number of carboxylic acids is 1. The summed E-state index contributed by atoms with van der Waals surface area (Å²) in [7, 11) is -3.71. The maximum absolute atomic E-state index is 11.2. The molecule has 0 aromatic heterocycles. The second-order valence-electron chi connectivity index (χ2n) is 5.61. The van der Waals surface area contributed by atoms with Crippen LogP contribution in [0.2, 0.25) is 0 Å². The highest BCUT2D eigenvalue weighted by Gasteiger charge is 2.34. The smallest absolute Gasteiger partial charge is 0.305 e. The normalized spacial score (nSPS) is 18.1. The summed E-state index contributed by atoms with van der Waals surface area (Å²) >= 11 is 0. The van der Waals surface area contributed by atoms with Gasteiger partial charge in [-0.2, -0.15) is 0 Å². The number of benzene rings is 1. The Balaban J connectivity index is 2.18. The Bertz CT molecular complexity index is 604. The fourth-order valence-corrected chi connectivity index (χ4v) is 3.41. The van der Waals surface area contributed by atoms with Gasteiger partial charge in [0.05, 0.1) is 11.3 Å². The molecule has 0 heterocycles. The van der Waals surface area contributed by atoms with E-state index in [1.54, 1.807) is 12.1 Å². The maximum Gasteiger partial charge on any atom is 0.305 e. The standard InChI is InChI=1S/C14H20N2O4S/c15-21(19,20)12-6-4-11(5-7-12)16-14(10-13(17)18)8-2-1-3-9-14/h4-7,16H,1-3,8-10H2,(H,17,18)(H2,15,19,20). The Hall–Kier alpha value is -1.60. The lowest BCUT2D eigenvalue weighted by atomic mass is 9.79. The van der Waals surface area contributed by atoms with E-state index in [-0.39, 0.29) is 11.3 Å². The first kappa shape index (κ1) is 15.8. The fourth-order valence-electron chi connectivity index (χ4n) is 2.90. The molecule has 0 unspecified atom stereocenters.